The van der Waals surface area contributed by atoms with E-state index in [9.17, 15) is 4.79 Å². The zero-order chi connectivity index (χ0) is 20.5. The summed E-state index contributed by atoms with van der Waals surface area (Å²) in [5.74, 6) is -0.123. The summed E-state index contributed by atoms with van der Waals surface area (Å²) in [6.45, 7) is 2.99. The molecule has 0 atom stereocenters. The Morgan fingerprint density at radius 1 is 1.17 bits per heavy atom. The van der Waals surface area contributed by atoms with Gasteiger partial charge < -0.3 is 0 Å². The fourth-order valence-electron chi connectivity index (χ4n) is 3.98. The average molecular weight is 420 g/mol. The molecule has 0 saturated heterocycles. The average Bonchev–Trinajstić information content (AvgIpc) is 3.28. The summed E-state index contributed by atoms with van der Waals surface area (Å²) in [5, 5.41) is 7.87. The lowest BCUT2D eigenvalue weighted by molar-refractivity contribution is 0.102. The quantitative estimate of drug-likeness (QED) is 0.545. The summed E-state index contributed by atoms with van der Waals surface area (Å²) in [6, 6.07) is 13.7. The lowest BCUT2D eigenvalue weighted by Gasteiger charge is -2.18. The van der Waals surface area contributed by atoms with E-state index in [1.165, 1.54) is 28.0 Å². The summed E-state index contributed by atoms with van der Waals surface area (Å²) in [4.78, 5) is 19.6. The number of aryl methyl sites for hydroxylation is 1. The number of hydrogen-bond donors (Lipinski definition) is 1. The van der Waals surface area contributed by atoms with Gasteiger partial charge in [-0.25, -0.2) is 4.98 Å². The van der Waals surface area contributed by atoms with Crippen LogP contribution in [0.25, 0.3) is 10.2 Å². The molecule has 6 nitrogen and oxygen atoms in total. The molecule has 0 spiro atoms. The molecule has 1 amide bonds. The van der Waals surface area contributed by atoms with Gasteiger partial charge in [0.05, 0.1) is 16.4 Å². The van der Waals surface area contributed by atoms with E-state index in [1.54, 1.807) is 0 Å². The minimum Gasteiger partial charge on any atom is -0.298 e. The van der Waals surface area contributed by atoms with Crippen LogP contribution in [0.2, 0.25) is 0 Å². The molecule has 1 aliphatic rings. The number of thiazole rings is 1. The SMILES string of the molecule is Cn1cc(CN2CCc3cc4n[14c](NC(=O)c5ccccc5)sc4cc3CC2)cn1. The maximum absolute atomic E-state index is 12.4. The topological polar surface area (TPSA) is 63.1 Å². The second-order valence-electron chi connectivity index (χ2n) is 7.73. The van der Waals surface area contributed by atoms with Crippen molar-refractivity contribution in [2.24, 2.45) is 7.05 Å². The zero-order valence-electron chi connectivity index (χ0n) is 16.8. The van der Waals surface area contributed by atoms with E-state index in [-0.39, 0.29) is 5.91 Å². The molecule has 0 radical (unpaired) electrons. The zero-order valence-corrected chi connectivity index (χ0v) is 17.7. The van der Waals surface area contributed by atoms with Crippen LogP contribution in [0.15, 0.2) is 54.9 Å². The van der Waals surface area contributed by atoms with Gasteiger partial charge in [-0.3, -0.25) is 19.7 Å². The minimum atomic E-state index is -0.123. The van der Waals surface area contributed by atoms with Crippen molar-refractivity contribution in [1.29, 1.82) is 0 Å². The summed E-state index contributed by atoms with van der Waals surface area (Å²) in [7, 11) is 1.96. The molecule has 0 unspecified atom stereocenters. The second kappa shape index (κ2) is 8.01. The molecule has 5 rings (SSSR count). The Balaban J connectivity index is 1.31. The number of anilines is 1. The number of aromatic nitrogens is 3. The first-order chi connectivity index (χ1) is 14.6. The molecule has 1 aliphatic heterocycles. The van der Waals surface area contributed by atoms with Crippen molar-refractivity contribution in [3.05, 3.63) is 77.1 Å². The highest BCUT2D eigenvalue weighted by molar-refractivity contribution is 7.22. The highest BCUT2D eigenvalue weighted by Crippen LogP contribution is 2.30. The fraction of sp³-hybridized carbons (Fsp3) is 0.261. The third-order valence-electron chi connectivity index (χ3n) is 5.53. The third-order valence-corrected chi connectivity index (χ3v) is 6.46. The predicted molar refractivity (Wildman–Crippen MR) is 120 cm³/mol. The number of hydrogen-bond acceptors (Lipinski definition) is 5. The van der Waals surface area contributed by atoms with Gasteiger partial charge in [0.2, 0.25) is 0 Å². The highest BCUT2D eigenvalue weighted by Gasteiger charge is 2.17. The standard InChI is InChI=1S/C23H23N5OS/c1-27-14-16(13-24-27)15-28-9-7-18-11-20-21(12-19(18)8-10-28)30-23(25-20)26-22(29)17-5-3-2-4-6-17/h2-6,11-14H,7-10,15H2,1H3,(H,25,26,29)/i23+2. The van der Waals surface area contributed by atoms with E-state index in [0.29, 0.717) is 10.7 Å². The number of nitrogens with one attached hydrogen (secondary N) is 1. The molecule has 30 heavy (non-hydrogen) atoms. The van der Waals surface area contributed by atoms with Crippen LogP contribution < -0.4 is 5.32 Å². The van der Waals surface area contributed by atoms with Crippen LogP contribution >= 0.6 is 11.3 Å². The van der Waals surface area contributed by atoms with Crippen LogP contribution in [-0.4, -0.2) is 38.7 Å². The van der Waals surface area contributed by atoms with Crippen LogP contribution in [0.5, 0.6) is 0 Å². The molecule has 2 aromatic heterocycles. The van der Waals surface area contributed by atoms with Crippen LogP contribution in [-0.2, 0) is 26.4 Å². The van der Waals surface area contributed by atoms with Crippen molar-refractivity contribution >= 4 is 32.6 Å². The largest absolute Gasteiger partial charge is 0.298 e. The minimum absolute atomic E-state index is 0.123. The number of carbonyl (C=O) groups excluding carboxylic acids is 1. The van der Waals surface area contributed by atoms with E-state index in [1.807, 2.05) is 48.3 Å². The lowest BCUT2D eigenvalue weighted by Crippen LogP contribution is -2.25. The number of benzene rings is 2. The van der Waals surface area contributed by atoms with E-state index < -0.39 is 0 Å². The number of nitrogens with zero attached hydrogens (tertiary/aromatic N) is 4. The highest BCUT2D eigenvalue weighted by atomic mass is 32.1. The second-order valence-corrected chi connectivity index (χ2v) is 8.76. The molecule has 152 valence electrons. The summed E-state index contributed by atoms with van der Waals surface area (Å²) in [6.07, 6.45) is 6.07. The monoisotopic (exact) mass is 419 g/mol. The molecule has 7 heteroatoms. The summed E-state index contributed by atoms with van der Waals surface area (Å²) in [5.41, 5.74) is 5.61. The Kier molecular flexibility index (Phi) is 5.06. The molecule has 0 bridgehead atoms. The van der Waals surface area contributed by atoms with Crippen molar-refractivity contribution < 1.29 is 4.79 Å². The lowest BCUT2D eigenvalue weighted by atomic mass is 10.0. The Morgan fingerprint density at radius 3 is 2.67 bits per heavy atom. The maximum atomic E-state index is 12.4. The third kappa shape index (κ3) is 3.99. The van der Waals surface area contributed by atoms with Gasteiger partial charge >= 0.3 is 0 Å². The van der Waals surface area contributed by atoms with Gasteiger partial charge in [-0.2, -0.15) is 5.10 Å². The van der Waals surface area contributed by atoms with Crippen molar-refractivity contribution in [2.75, 3.05) is 18.4 Å². The van der Waals surface area contributed by atoms with Gasteiger partial charge in [0.15, 0.2) is 5.13 Å². The molecule has 3 heterocycles. The van der Waals surface area contributed by atoms with Gasteiger partial charge in [-0.15, -0.1) is 0 Å². The fourth-order valence-corrected chi connectivity index (χ4v) is 4.88. The van der Waals surface area contributed by atoms with Crippen molar-refractivity contribution in [3.63, 3.8) is 0 Å². The Morgan fingerprint density at radius 2 is 1.93 bits per heavy atom. The predicted octanol–water partition coefficient (Wildman–Crippen LogP) is 3.88. The Labute approximate surface area is 179 Å². The van der Waals surface area contributed by atoms with Crippen LogP contribution in [0.3, 0.4) is 0 Å². The van der Waals surface area contributed by atoms with E-state index in [0.717, 1.165) is 42.7 Å². The van der Waals surface area contributed by atoms with E-state index in [4.69, 9.17) is 0 Å². The number of carbonyl (C=O) groups is 1. The van der Waals surface area contributed by atoms with Crippen LogP contribution in [0.4, 0.5) is 5.13 Å². The van der Waals surface area contributed by atoms with Gasteiger partial charge in [0.25, 0.3) is 5.91 Å². The Hall–Kier alpha value is -3.03. The summed E-state index contributed by atoms with van der Waals surface area (Å²) < 4.78 is 2.98. The molecule has 1 N–H and O–H groups in total. The van der Waals surface area contributed by atoms with Crippen molar-refractivity contribution in [3.8, 4) is 0 Å². The number of rotatable bonds is 4. The number of fused-ring (bicyclic) bond motifs is 2. The van der Waals surface area contributed by atoms with Crippen molar-refractivity contribution in [1.82, 2.24) is 19.7 Å². The van der Waals surface area contributed by atoms with Gasteiger partial charge in [-0.1, -0.05) is 29.5 Å². The van der Waals surface area contributed by atoms with Crippen LogP contribution in [0.1, 0.15) is 27.0 Å². The molecular weight excluding hydrogens is 396 g/mol. The molecule has 0 aliphatic carbocycles. The molecular formula is C23H23N5OS. The summed E-state index contributed by atoms with van der Waals surface area (Å²) >= 11 is 1.54. The molecule has 4 aromatic rings. The van der Waals surface area contributed by atoms with Gasteiger partial charge in [0, 0.05) is 44.0 Å². The molecule has 0 saturated carbocycles. The van der Waals surface area contributed by atoms with Crippen LogP contribution in [0, 0.1) is 0 Å². The van der Waals surface area contributed by atoms with Gasteiger partial charge in [0.1, 0.15) is 0 Å². The maximum Gasteiger partial charge on any atom is 0.257 e. The normalized spacial score (nSPS) is 14.4. The van der Waals surface area contributed by atoms with E-state index >= 15 is 0 Å². The number of amides is 1. The Bertz CT molecular complexity index is 1150. The van der Waals surface area contributed by atoms with E-state index in [2.05, 4.69) is 38.6 Å². The first-order valence-corrected chi connectivity index (χ1v) is 10.9. The smallest absolute Gasteiger partial charge is 0.257 e. The molecule has 0 fully saturated rings. The van der Waals surface area contributed by atoms with Gasteiger partial charge in [-0.05, 0) is 48.2 Å². The first kappa shape index (κ1) is 19.0. The first-order valence-electron chi connectivity index (χ1n) is 10.1. The van der Waals surface area contributed by atoms with Crippen molar-refractivity contribution in [2.45, 2.75) is 19.4 Å². The molecule has 2 aromatic carbocycles.